The summed E-state index contributed by atoms with van der Waals surface area (Å²) < 4.78 is 40.4. The molecule has 1 amide bonds. The normalized spacial score (nSPS) is 18.4. The van der Waals surface area contributed by atoms with Gasteiger partial charge in [-0.2, -0.15) is 0 Å². The highest BCUT2D eigenvalue weighted by Gasteiger charge is 2.54. The molecule has 0 saturated carbocycles. The molecule has 0 radical (unpaired) electrons. The molecule has 65 heavy (non-hydrogen) atoms. The van der Waals surface area contributed by atoms with E-state index < -0.39 is 23.9 Å². The van der Waals surface area contributed by atoms with Crippen molar-refractivity contribution in [3.63, 3.8) is 0 Å². The lowest BCUT2D eigenvalue weighted by Gasteiger charge is -2.38. The minimum absolute atomic E-state index is 0.00226. The Hall–Kier alpha value is -6.75. The largest absolute Gasteiger partial charge is 0.493 e. The summed E-state index contributed by atoms with van der Waals surface area (Å²) >= 11 is 0. The fourth-order valence-electron chi connectivity index (χ4n) is 9.63. The van der Waals surface area contributed by atoms with Crippen LogP contribution in [0.1, 0.15) is 110 Å². The van der Waals surface area contributed by atoms with Gasteiger partial charge in [0.25, 0.3) is 0 Å². The number of rotatable bonds is 19. The van der Waals surface area contributed by atoms with Crippen LogP contribution in [0.25, 0.3) is 11.1 Å². The van der Waals surface area contributed by atoms with E-state index in [1.54, 1.807) is 21.3 Å². The van der Waals surface area contributed by atoms with Gasteiger partial charge in [-0.3, -0.25) is 14.4 Å². The Kier molecular flexibility index (Phi) is 14.4. The van der Waals surface area contributed by atoms with Crippen molar-refractivity contribution in [1.82, 2.24) is 0 Å². The standard InChI is InChI=1S/C54H57NO10/c1-5-39(34-18-12-10-13-19-34)49(35-20-14-11-15-21-35)36-24-26-38(27-25-36)55-47(56)22-16-8-6-7-9-17-23-48(57)65-52-41-31-44-43(63-33-64-44)30-40(41)50(51-42(52)32-62-54(51)58)37-28-45(59-2)53(61-4)46(29-37)60-3/h10-15,18-21,24-31,42,50-52H,5-9,16-17,22-23,32-33H2,1-4H3,(H,55,56)/b49-39-/t42-,50+,51-,52-/m0/s1. The molecule has 11 heteroatoms. The average molecular weight is 880 g/mol. The van der Waals surface area contributed by atoms with Crippen LogP contribution in [0.4, 0.5) is 5.69 Å². The second kappa shape index (κ2) is 20.8. The number of cyclic esters (lactones) is 1. The third-order valence-electron chi connectivity index (χ3n) is 12.8. The number of anilines is 1. The van der Waals surface area contributed by atoms with Crippen molar-refractivity contribution >= 4 is 34.7 Å². The molecule has 2 heterocycles. The number of hydrogen-bond donors (Lipinski definition) is 1. The molecule has 0 spiro atoms. The van der Waals surface area contributed by atoms with Crippen LogP contribution in [-0.2, 0) is 23.9 Å². The number of benzene rings is 5. The van der Waals surface area contributed by atoms with E-state index >= 15 is 0 Å². The maximum atomic E-state index is 13.5. The maximum Gasteiger partial charge on any atom is 0.310 e. The average Bonchev–Trinajstić information content (AvgIpc) is 3.97. The van der Waals surface area contributed by atoms with Gasteiger partial charge in [-0.05, 0) is 94.6 Å². The van der Waals surface area contributed by atoms with Gasteiger partial charge in [0.05, 0.1) is 33.9 Å². The van der Waals surface area contributed by atoms with E-state index in [2.05, 4.69) is 72.9 Å². The van der Waals surface area contributed by atoms with Gasteiger partial charge in [0.2, 0.25) is 18.4 Å². The van der Waals surface area contributed by atoms with Gasteiger partial charge in [-0.15, -0.1) is 0 Å². The molecule has 1 fully saturated rings. The van der Waals surface area contributed by atoms with Crippen molar-refractivity contribution in [2.45, 2.75) is 76.7 Å². The van der Waals surface area contributed by atoms with Crippen LogP contribution in [0.3, 0.4) is 0 Å². The van der Waals surface area contributed by atoms with Crippen LogP contribution in [0, 0.1) is 11.8 Å². The molecule has 11 nitrogen and oxygen atoms in total. The van der Waals surface area contributed by atoms with E-state index in [0.717, 1.165) is 72.0 Å². The Morgan fingerprint density at radius 3 is 1.86 bits per heavy atom. The van der Waals surface area contributed by atoms with Gasteiger partial charge < -0.3 is 38.5 Å². The predicted molar refractivity (Wildman–Crippen MR) is 248 cm³/mol. The predicted octanol–water partition coefficient (Wildman–Crippen LogP) is 11.1. The lowest BCUT2D eigenvalue weighted by molar-refractivity contribution is -0.154. The molecule has 1 N–H and O–H groups in total. The highest BCUT2D eigenvalue weighted by atomic mass is 16.7. The van der Waals surface area contributed by atoms with Crippen LogP contribution in [0.15, 0.2) is 109 Å². The van der Waals surface area contributed by atoms with Crippen LogP contribution < -0.4 is 29.0 Å². The molecule has 3 aliphatic rings. The molecule has 2 aliphatic heterocycles. The minimum atomic E-state index is -0.719. The van der Waals surface area contributed by atoms with Gasteiger partial charge in [0.15, 0.2) is 23.0 Å². The van der Waals surface area contributed by atoms with E-state index in [-0.39, 0.29) is 37.7 Å². The number of allylic oxidation sites excluding steroid dienone is 1. The van der Waals surface area contributed by atoms with Crippen LogP contribution in [-0.4, -0.2) is 52.6 Å². The van der Waals surface area contributed by atoms with Crippen LogP contribution in [0.5, 0.6) is 28.7 Å². The topological polar surface area (TPSA) is 128 Å². The number of unbranched alkanes of at least 4 members (excludes halogenated alkanes) is 5. The monoisotopic (exact) mass is 879 g/mol. The maximum absolute atomic E-state index is 13.5. The summed E-state index contributed by atoms with van der Waals surface area (Å²) in [6.07, 6.45) is 5.97. The summed E-state index contributed by atoms with van der Waals surface area (Å²) in [6.45, 7) is 2.37. The fraction of sp³-hybridized carbons (Fsp3) is 0.352. The molecule has 338 valence electrons. The molecule has 5 aromatic carbocycles. The lowest BCUT2D eigenvalue weighted by atomic mass is 9.66. The quantitative estimate of drug-likeness (QED) is 0.0486. The Bertz CT molecular complexity index is 2480. The molecule has 0 bridgehead atoms. The summed E-state index contributed by atoms with van der Waals surface area (Å²) in [7, 11) is 4.64. The number of methoxy groups -OCH3 is 3. The number of fused-ring (bicyclic) bond motifs is 3. The minimum Gasteiger partial charge on any atom is -0.493 e. The van der Waals surface area contributed by atoms with Crippen molar-refractivity contribution in [3.8, 4) is 28.7 Å². The zero-order chi connectivity index (χ0) is 45.3. The molecule has 0 aromatic heterocycles. The molecule has 1 aliphatic carbocycles. The number of nitrogens with one attached hydrogen (secondary N) is 1. The van der Waals surface area contributed by atoms with Crippen LogP contribution in [0.2, 0.25) is 0 Å². The van der Waals surface area contributed by atoms with Crippen molar-refractivity contribution in [1.29, 1.82) is 0 Å². The molecule has 1 saturated heterocycles. The van der Waals surface area contributed by atoms with Gasteiger partial charge in [0, 0.05) is 35.9 Å². The van der Waals surface area contributed by atoms with E-state index in [0.29, 0.717) is 41.6 Å². The summed E-state index contributed by atoms with van der Waals surface area (Å²) in [5, 5.41) is 3.08. The van der Waals surface area contributed by atoms with Gasteiger partial charge in [0.1, 0.15) is 6.10 Å². The summed E-state index contributed by atoms with van der Waals surface area (Å²) in [5.74, 6) is 0.229. The highest BCUT2D eigenvalue weighted by molar-refractivity contribution is 5.99. The van der Waals surface area contributed by atoms with E-state index in [9.17, 15) is 14.4 Å². The Labute approximate surface area is 381 Å². The number of amides is 1. The number of esters is 2. The first-order valence-corrected chi connectivity index (χ1v) is 22.7. The molecule has 0 unspecified atom stereocenters. The first kappa shape index (κ1) is 44.8. The van der Waals surface area contributed by atoms with E-state index in [1.807, 2.05) is 48.5 Å². The van der Waals surface area contributed by atoms with Crippen LogP contribution >= 0.6 is 0 Å². The third-order valence-corrected chi connectivity index (χ3v) is 12.8. The van der Waals surface area contributed by atoms with Gasteiger partial charge in [-0.25, -0.2) is 0 Å². The highest BCUT2D eigenvalue weighted by Crippen LogP contribution is 2.56. The van der Waals surface area contributed by atoms with Gasteiger partial charge in [-0.1, -0.05) is 105 Å². The number of ether oxygens (including phenoxy) is 7. The third kappa shape index (κ3) is 9.84. The zero-order valence-electron chi connectivity index (χ0n) is 37.6. The first-order chi connectivity index (χ1) is 31.8. The van der Waals surface area contributed by atoms with Crippen molar-refractivity contribution in [3.05, 3.63) is 143 Å². The fourth-order valence-corrected chi connectivity index (χ4v) is 9.63. The second-order valence-corrected chi connectivity index (χ2v) is 16.7. The zero-order valence-corrected chi connectivity index (χ0v) is 37.6. The number of hydrogen-bond acceptors (Lipinski definition) is 10. The Morgan fingerprint density at radius 2 is 1.25 bits per heavy atom. The van der Waals surface area contributed by atoms with Crippen molar-refractivity contribution in [2.75, 3.05) is 40.0 Å². The lowest BCUT2D eigenvalue weighted by Crippen LogP contribution is -2.36. The second-order valence-electron chi connectivity index (χ2n) is 16.7. The number of carbonyl (C=O) groups excluding carboxylic acids is 3. The first-order valence-electron chi connectivity index (χ1n) is 22.7. The number of carbonyl (C=O) groups is 3. The summed E-state index contributed by atoms with van der Waals surface area (Å²) in [5.41, 5.74) is 9.00. The summed E-state index contributed by atoms with van der Waals surface area (Å²) in [6, 6.07) is 36.5. The van der Waals surface area contributed by atoms with E-state index in [4.69, 9.17) is 33.2 Å². The molecule has 4 atom stereocenters. The Balaban J connectivity index is 0.827. The van der Waals surface area contributed by atoms with Gasteiger partial charge >= 0.3 is 11.9 Å². The molecular weight excluding hydrogens is 823 g/mol. The van der Waals surface area contributed by atoms with Crippen molar-refractivity contribution in [2.24, 2.45) is 11.8 Å². The Morgan fingerprint density at radius 1 is 0.662 bits per heavy atom. The smallest absolute Gasteiger partial charge is 0.310 e. The summed E-state index contributed by atoms with van der Waals surface area (Å²) in [4.78, 5) is 40.0. The SMILES string of the molecule is CC/C(=C(\c1ccccc1)c1ccc(NC(=O)CCCCCCCCC(=O)O[C@H]2c3cc4c(cc3[C@@H](c3cc(OC)c(OC)c(OC)c3)[C@H]3C(=O)OC[C@@H]32)OCO4)cc1)c1ccccc1. The molecule has 8 rings (SSSR count). The van der Waals surface area contributed by atoms with E-state index in [1.165, 1.54) is 16.7 Å². The molecule has 5 aromatic rings. The molecular formula is C54H57NO10. The van der Waals surface area contributed by atoms with Crippen molar-refractivity contribution < 1.29 is 47.5 Å².